The Morgan fingerprint density at radius 1 is 1.29 bits per heavy atom. The monoisotopic (exact) mass is 326 g/mol. The maximum absolute atomic E-state index is 12.1. The zero-order valence-corrected chi connectivity index (χ0v) is 14.0. The Bertz CT molecular complexity index is 709. The Morgan fingerprint density at radius 2 is 2.08 bits per heavy atom. The summed E-state index contributed by atoms with van der Waals surface area (Å²) in [7, 11) is 0. The van der Waals surface area contributed by atoms with Gasteiger partial charge in [-0.05, 0) is 38.3 Å². The van der Waals surface area contributed by atoms with E-state index in [1.54, 1.807) is 0 Å². The van der Waals surface area contributed by atoms with Gasteiger partial charge >= 0.3 is 0 Å². The van der Waals surface area contributed by atoms with Crippen molar-refractivity contribution >= 4 is 17.5 Å². The van der Waals surface area contributed by atoms with Crippen LogP contribution in [0.1, 0.15) is 34.3 Å². The standard InChI is InChI=1S/C18H22N4O2/c1-12-5-6-16(13(2)8-12)22-18-20-9-14(10-21-18)17(23)19-11-15-4-3-7-24-15/h5-6,8-10,15H,3-4,7,11H2,1-2H3,(H,19,23)(H,20,21,22). The highest BCUT2D eigenvalue weighted by Gasteiger charge is 2.17. The molecular formula is C18H22N4O2. The summed E-state index contributed by atoms with van der Waals surface area (Å²) >= 11 is 0. The van der Waals surface area contributed by atoms with Gasteiger partial charge < -0.3 is 15.4 Å². The lowest BCUT2D eigenvalue weighted by molar-refractivity contribution is 0.0857. The molecule has 3 rings (SSSR count). The van der Waals surface area contributed by atoms with Crippen molar-refractivity contribution in [3.8, 4) is 0 Å². The third-order valence-electron chi connectivity index (χ3n) is 4.06. The second-order valence-electron chi connectivity index (χ2n) is 6.08. The van der Waals surface area contributed by atoms with E-state index in [9.17, 15) is 4.79 Å². The van der Waals surface area contributed by atoms with Gasteiger partial charge in [0.05, 0.1) is 11.7 Å². The summed E-state index contributed by atoms with van der Waals surface area (Å²) in [6.45, 7) is 5.39. The van der Waals surface area contributed by atoms with E-state index in [2.05, 4.69) is 33.6 Å². The smallest absolute Gasteiger partial charge is 0.254 e. The van der Waals surface area contributed by atoms with Crippen molar-refractivity contribution in [2.75, 3.05) is 18.5 Å². The fourth-order valence-corrected chi connectivity index (χ4v) is 2.70. The molecule has 24 heavy (non-hydrogen) atoms. The minimum atomic E-state index is -0.177. The molecule has 2 heterocycles. The highest BCUT2D eigenvalue weighted by molar-refractivity contribution is 5.93. The maximum Gasteiger partial charge on any atom is 0.254 e. The fraction of sp³-hybridized carbons (Fsp3) is 0.389. The topological polar surface area (TPSA) is 76.1 Å². The summed E-state index contributed by atoms with van der Waals surface area (Å²) < 4.78 is 5.49. The maximum atomic E-state index is 12.1. The number of hydrogen-bond donors (Lipinski definition) is 2. The van der Waals surface area contributed by atoms with Gasteiger partial charge in [-0.25, -0.2) is 9.97 Å². The van der Waals surface area contributed by atoms with E-state index in [-0.39, 0.29) is 12.0 Å². The quantitative estimate of drug-likeness (QED) is 0.883. The van der Waals surface area contributed by atoms with Crippen molar-refractivity contribution in [3.05, 3.63) is 47.3 Å². The molecule has 0 radical (unpaired) electrons. The molecule has 1 aliphatic heterocycles. The first-order valence-corrected chi connectivity index (χ1v) is 8.18. The third kappa shape index (κ3) is 4.08. The Hall–Kier alpha value is -2.47. The van der Waals surface area contributed by atoms with E-state index in [1.807, 2.05) is 19.1 Å². The highest BCUT2D eigenvalue weighted by atomic mass is 16.5. The average molecular weight is 326 g/mol. The lowest BCUT2D eigenvalue weighted by Crippen LogP contribution is -2.31. The first kappa shape index (κ1) is 16.4. The number of nitrogens with zero attached hydrogens (tertiary/aromatic N) is 2. The second kappa shape index (κ2) is 7.40. The molecule has 1 amide bonds. The van der Waals surface area contributed by atoms with Gasteiger partial charge in [0.15, 0.2) is 0 Å². The first-order valence-electron chi connectivity index (χ1n) is 8.18. The summed E-state index contributed by atoms with van der Waals surface area (Å²) in [5, 5.41) is 6.03. The van der Waals surface area contributed by atoms with E-state index in [0.717, 1.165) is 30.7 Å². The number of aromatic nitrogens is 2. The van der Waals surface area contributed by atoms with Crippen molar-refractivity contribution in [2.24, 2.45) is 0 Å². The first-order chi connectivity index (χ1) is 11.6. The molecule has 1 saturated heterocycles. The van der Waals surface area contributed by atoms with E-state index < -0.39 is 0 Å². The second-order valence-corrected chi connectivity index (χ2v) is 6.08. The Kier molecular flexibility index (Phi) is 5.05. The molecule has 1 unspecified atom stereocenters. The number of rotatable bonds is 5. The van der Waals surface area contributed by atoms with Gasteiger partial charge in [-0.3, -0.25) is 4.79 Å². The molecule has 0 aliphatic carbocycles. The molecule has 126 valence electrons. The molecule has 0 spiro atoms. The van der Waals surface area contributed by atoms with Crippen molar-refractivity contribution in [3.63, 3.8) is 0 Å². The third-order valence-corrected chi connectivity index (χ3v) is 4.06. The summed E-state index contributed by atoms with van der Waals surface area (Å²) in [5.41, 5.74) is 3.73. The molecule has 0 bridgehead atoms. The van der Waals surface area contributed by atoms with Gasteiger partial charge in [0.25, 0.3) is 5.91 Å². The lowest BCUT2D eigenvalue weighted by atomic mass is 10.1. The van der Waals surface area contributed by atoms with Crippen LogP contribution < -0.4 is 10.6 Å². The highest BCUT2D eigenvalue weighted by Crippen LogP contribution is 2.19. The molecule has 2 aromatic rings. The van der Waals surface area contributed by atoms with Crippen LogP contribution in [0.3, 0.4) is 0 Å². The van der Waals surface area contributed by atoms with Crippen LogP contribution in [0.4, 0.5) is 11.6 Å². The largest absolute Gasteiger partial charge is 0.376 e. The zero-order chi connectivity index (χ0) is 16.9. The van der Waals surface area contributed by atoms with Crippen LogP contribution in [0, 0.1) is 13.8 Å². The molecule has 1 aliphatic rings. The molecule has 1 fully saturated rings. The van der Waals surface area contributed by atoms with Gasteiger partial charge in [-0.15, -0.1) is 0 Å². The van der Waals surface area contributed by atoms with Crippen molar-refractivity contribution < 1.29 is 9.53 Å². The summed E-state index contributed by atoms with van der Waals surface area (Å²) in [6, 6.07) is 6.12. The van der Waals surface area contributed by atoms with Crippen LogP contribution in [0.25, 0.3) is 0 Å². The molecule has 1 aromatic heterocycles. The van der Waals surface area contributed by atoms with Crippen LogP contribution in [0.15, 0.2) is 30.6 Å². The van der Waals surface area contributed by atoms with E-state index in [0.29, 0.717) is 18.1 Å². The number of ether oxygens (including phenoxy) is 1. The number of nitrogens with one attached hydrogen (secondary N) is 2. The summed E-state index contributed by atoms with van der Waals surface area (Å²) in [6.07, 6.45) is 5.24. The molecule has 1 aromatic carbocycles. The predicted octanol–water partition coefficient (Wildman–Crippen LogP) is 2.75. The molecule has 0 saturated carbocycles. The number of carbonyl (C=O) groups excluding carboxylic acids is 1. The SMILES string of the molecule is Cc1ccc(Nc2ncc(C(=O)NCC3CCCO3)cn2)c(C)c1. The van der Waals surface area contributed by atoms with E-state index in [1.165, 1.54) is 18.0 Å². The van der Waals surface area contributed by atoms with Crippen LogP contribution in [0.2, 0.25) is 0 Å². The predicted molar refractivity (Wildman–Crippen MR) is 92.5 cm³/mol. The summed E-state index contributed by atoms with van der Waals surface area (Å²) in [5.74, 6) is 0.293. The molecular weight excluding hydrogens is 304 g/mol. The zero-order valence-electron chi connectivity index (χ0n) is 14.0. The molecule has 2 N–H and O–H groups in total. The molecule has 1 atom stereocenters. The van der Waals surface area contributed by atoms with Crippen LogP contribution >= 0.6 is 0 Å². The molecule has 6 nitrogen and oxygen atoms in total. The van der Waals surface area contributed by atoms with Gasteiger partial charge in [0, 0.05) is 31.2 Å². The van der Waals surface area contributed by atoms with Crippen LogP contribution in [0.5, 0.6) is 0 Å². The van der Waals surface area contributed by atoms with E-state index >= 15 is 0 Å². The minimum Gasteiger partial charge on any atom is -0.376 e. The van der Waals surface area contributed by atoms with Crippen molar-refractivity contribution in [1.29, 1.82) is 0 Å². The number of hydrogen-bond acceptors (Lipinski definition) is 5. The number of aryl methyl sites for hydroxylation is 2. The van der Waals surface area contributed by atoms with E-state index in [4.69, 9.17) is 4.74 Å². The van der Waals surface area contributed by atoms with Crippen molar-refractivity contribution in [2.45, 2.75) is 32.8 Å². The van der Waals surface area contributed by atoms with Gasteiger partial charge in [0.2, 0.25) is 5.95 Å². The normalized spacial score (nSPS) is 16.8. The van der Waals surface area contributed by atoms with Crippen LogP contribution in [-0.4, -0.2) is 35.1 Å². The Labute approximate surface area is 141 Å². The number of anilines is 2. The van der Waals surface area contributed by atoms with Crippen LogP contribution in [-0.2, 0) is 4.74 Å². The van der Waals surface area contributed by atoms with Gasteiger partial charge in [-0.1, -0.05) is 17.7 Å². The molecule has 6 heteroatoms. The number of carbonyl (C=O) groups is 1. The minimum absolute atomic E-state index is 0.125. The number of amides is 1. The lowest BCUT2D eigenvalue weighted by Gasteiger charge is -2.11. The van der Waals surface area contributed by atoms with Gasteiger partial charge in [0.1, 0.15) is 0 Å². The van der Waals surface area contributed by atoms with Crippen molar-refractivity contribution in [1.82, 2.24) is 15.3 Å². The Morgan fingerprint density at radius 3 is 2.75 bits per heavy atom. The van der Waals surface area contributed by atoms with Gasteiger partial charge in [-0.2, -0.15) is 0 Å². The summed E-state index contributed by atoms with van der Waals surface area (Å²) in [4.78, 5) is 20.5. The fourth-order valence-electron chi connectivity index (χ4n) is 2.70. The Balaban J connectivity index is 1.59. The number of benzene rings is 1. The average Bonchev–Trinajstić information content (AvgIpc) is 3.09.